The van der Waals surface area contributed by atoms with Gasteiger partial charge in [0.2, 0.25) is 0 Å². The number of rotatable bonds is 9. The maximum atomic E-state index is 11.5. The molecule has 1 saturated heterocycles. The molecule has 0 radical (unpaired) electrons. The Morgan fingerprint density at radius 3 is 2.83 bits per heavy atom. The number of piperidine rings is 1. The monoisotopic (exact) mass is 410 g/mol. The number of fused-ring (bicyclic) bond motifs is 1. The number of methoxy groups -OCH3 is 1. The van der Waals surface area contributed by atoms with Crippen molar-refractivity contribution in [2.24, 2.45) is 17.8 Å². The van der Waals surface area contributed by atoms with Gasteiger partial charge in [0.1, 0.15) is 5.75 Å². The van der Waals surface area contributed by atoms with Crippen molar-refractivity contribution in [2.75, 3.05) is 26.7 Å². The standard InChI is InChI=1S/C25H34N2O3/c1-30-22-8-9-24-23(15-22)20(10-12-26-24)7-3-6-19-11-13-27(16-18-4-2-5-18)17-21(19)14-25(28)29/h8-10,12,15,18-19,21H,2-7,11,13-14,16-17H2,1H3,(H,28,29)/t19-,21+/m1/s1. The Morgan fingerprint density at radius 2 is 2.10 bits per heavy atom. The molecule has 162 valence electrons. The molecule has 2 aliphatic rings. The minimum atomic E-state index is -0.650. The van der Waals surface area contributed by atoms with E-state index < -0.39 is 5.97 Å². The van der Waals surface area contributed by atoms with Crippen LogP contribution < -0.4 is 4.74 Å². The number of benzene rings is 1. The lowest BCUT2D eigenvalue weighted by Gasteiger charge is -2.41. The highest BCUT2D eigenvalue weighted by Gasteiger charge is 2.32. The lowest BCUT2D eigenvalue weighted by atomic mass is 9.78. The first-order valence-electron chi connectivity index (χ1n) is 11.5. The van der Waals surface area contributed by atoms with Gasteiger partial charge in [-0.15, -0.1) is 0 Å². The second-order valence-electron chi connectivity index (χ2n) is 9.21. The first-order valence-corrected chi connectivity index (χ1v) is 11.5. The number of aryl methyl sites for hydroxylation is 1. The summed E-state index contributed by atoms with van der Waals surface area (Å²) in [6, 6.07) is 8.15. The number of ether oxygens (including phenoxy) is 1. The Hall–Kier alpha value is -2.14. The molecule has 2 fully saturated rings. The average molecular weight is 411 g/mol. The minimum absolute atomic E-state index is 0.283. The van der Waals surface area contributed by atoms with Crippen LogP contribution in [0.25, 0.3) is 10.9 Å². The van der Waals surface area contributed by atoms with Crippen molar-refractivity contribution in [3.63, 3.8) is 0 Å². The molecule has 5 heteroatoms. The van der Waals surface area contributed by atoms with E-state index in [1.165, 1.54) is 31.4 Å². The van der Waals surface area contributed by atoms with E-state index in [9.17, 15) is 9.90 Å². The molecule has 2 aromatic rings. The molecule has 5 nitrogen and oxygen atoms in total. The molecule has 4 rings (SSSR count). The summed E-state index contributed by atoms with van der Waals surface area (Å²) < 4.78 is 5.39. The first-order chi connectivity index (χ1) is 14.6. The number of pyridine rings is 1. The minimum Gasteiger partial charge on any atom is -0.497 e. The van der Waals surface area contributed by atoms with Crippen molar-refractivity contribution < 1.29 is 14.6 Å². The quantitative estimate of drug-likeness (QED) is 0.645. The van der Waals surface area contributed by atoms with Crippen LogP contribution in [0, 0.1) is 17.8 Å². The highest BCUT2D eigenvalue weighted by atomic mass is 16.5. The van der Waals surface area contributed by atoms with Gasteiger partial charge in [-0.05, 0) is 92.7 Å². The van der Waals surface area contributed by atoms with Crippen LogP contribution >= 0.6 is 0 Å². The van der Waals surface area contributed by atoms with Crippen molar-refractivity contribution >= 4 is 16.9 Å². The van der Waals surface area contributed by atoms with Crippen LogP contribution in [0.1, 0.15) is 50.5 Å². The topological polar surface area (TPSA) is 62.7 Å². The first kappa shape index (κ1) is 21.1. The molecule has 2 heterocycles. The third-order valence-electron chi connectivity index (χ3n) is 7.21. The number of nitrogens with zero attached hydrogens (tertiary/aromatic N) is 2. The Kier molecular flexibility index (Phi) is 6.88. The molecule has 1 aromatic heterocycles. The Bertz CT molecular complexity index is 865. The summed E-state index contributed by atoms with van der Waals surface area (Å²) in [4.78, 5) is 18.5. The van der Waals surface area contributed by atoms with Crippen molar-refractivity contribution in [1.29, 1.82) is 0 Å². The van der Waals surface area contributed by atoms with Crippen molar-refractivity contribution in [1.82, 2.24) is 9.88 Å². The van der Waals surface area contributed by atoms with E-state index in [4.69, 9.17) is 4.74 Å². The number of aromatic nitrogens is 1. The van der Waals surface area contributed by atoms with Gasteiger partial charge < -0.3 is 14.7 Å². The molecular weight excluding hydrogens is 376 g/mol. The van der Waals surface area contributed by atoms with Crippen molar-refractivity contribution in [2.45, 2.75) is 51.4 Å². The van der Waals surface area contributed by atoms with Crippen LogP contribution in [0.5, 0.6) is 5.75 Å². The SMILES string of the molecule is COc1ccc2nccc(CCC[C@@H]3CCN(CC4CCC4)C[C@@H]3CC(=O)O)c2c1. The zero-order valence-electron chi connectivity index (χ0n) is 18.1. The molecule has 1 aliphatic heterocycles. The third kappa shape index (κ3) is 5.12. The molecule has 0 spiro atoms. The van der Waals surface area contributed by atoms with E-state index in [1.807, 2.05) is 18.3 Å². The second kappa shape index (κ2) is 9.78. The summed E-state index contributed by atoms with van der Waals surface area (Å²) >= 11 is 0. The fourth-order valence-electron chi connectivity index (χ4n) is 5.28. The number of hydrogen-bond acceptors (Lipinski definition) is 4. The predicted molar refractivity (Wildman–Crippen MR) is 119 cm³/mol. The molecule has 0 unspecified atom stereocenters. The van der Waals surface area contributed by atoms with E-state index in [0.717, 1.165) is 61.3 Å². The lowest BCUT2D eigenvalue weighted by molar-refractivity contribution is -0.139. The van der Waals surface area contributed by atoms with Crippen molar-refractivity contribution in [3.8, 4) is 5.75 Å². The molecule has 1 N–H and O–H groups in total. The van der Waals surface area contributed by atoms with Gasteiger partial charge in [0.05, 0.1) is 12.6 Å². The maximum absolute atomic E-state index is 11.5. The molecule has 30 heavy (non-hydrogen) atoms. The van der Waals surface area contributed by atoms with Gasteiger partial charge >= 0.3 is 5.97 Å². The van der Waals surface area contributed by atoms with Crippen LogP contribution in [-0.4, -0.2) is 47.7 Å². The third-order valence-corrected chi connectivity index (χ3v) is 7.21. The fraction of sp³-hybridized carbons (Fsp3) is 0.600. The van der Waals surface area contributed by atoms with E-state index in [0.29, 0.717) is 12.3 Å². The smallest absolute Gasteiger partial charge is 0.303 e. The number of aliphatic carboxylic acids is 1. The second-order valence-corrected chi connectivity index (χ2v) is 9.21. The Labute approximate surface area is 179 Å². The van der Waals surface area contributed by atoms with Crippen LogP contribution in [-0.2, 0) is 11.2 Å². The number of likely N-dealkylation sites (tertiary alicyclic amines) is 1. The largest absolute Gasteiger partial charge is 0.497 e. The molecule has 2 atom stereocenters. The summed E-state index contributed by atoms with van der Waals surface area (Å²) in [5.74, 6) is 1.86. The molecule has 0 amide bonds. The number of carboxylic acids is 1. The Balaban J connectivity index is 1.36. The molecule has 1 saturated carbocycles. The van der Waals surface area contributed by atoms with Gasteiger partial charge in [0.25, 0.3) is 0 Å². The summed E-state index contributed by atoms with van der Waals surface area (Å²) in [5.41, 5.74) is 2.30. The zero-order chi connectivity index (χ0) is 20.9. The lowest BCUT2D eigenvalue weighted by Crippen LogP contribution is -2.44. The van der Waals surface area contributed by atoms with Crippen molar-refractivity contribution in [3.05, 3.63) is 36.0 Å². The van der Waals surface area contributed by atoms with E-state index in [2.05, 4.69) is 22.0 Å². The zero-order valence-corrected chi connectivity index (χ0v) is 18.1. The van der Waals surface area contributed by atoms with Crippen LogP contribution in [0.15, 0.2) is 30.5 Å². The molecule has 1 aromatic carbocycles. The molecule has 1 aliphatic carbocycles. The molecular formula is C25H34N2O3. The van der Waals surface area contributed by atoms with Gasteiger partial charge in [-0.25, -0.2) is 0 Å². The molecule has 0 bridgehead atoms. The van der Waals surface area contributed by atoms with Crippen LogP contribution in [0.2, 0.25) is 0 Å². The van der Waals surface area contributed by atoms with Crippen LogP contribution in [0.3, 0.4) is 0 Å². The number of carboxylic acid groups (broad SMARTS) is 1. The van der Waals surface area contributed by atoms with Crippen LogP contribution in [0.4, 0.5) is 0 Å². The summed E-state index contributed by atoms with van der Waals surface area (Å²) in [5, 5.41) is 10.6. The summed E-state index contributed by atoms with van der Waals surface area (Å²) in [6.07, 6.45) is 10.6. The predicted octanol–water partition coefficient (Wildman–Crippen LogP) is 4.78. The van der Waals surface area contributed by atoms with Gasteiger partial charge in [-0.3, -0.25) is 9.78 Å². The van der Waals surface area contributed by atoms with Gasteiger partial charge in [0.15, 0.2) is 0 Å². The highest BCUT2D eigenvalue weighted by Crippen LogP contribution is 2.34. The van der Waals surface area contributed by atoms with E-state index in [-0.39, 0.29) is 5.92 Å². The number of carbonyl (C=O) groups is 1. The van der Waals surface area contributed by atoms with Gasteiger partial charge in [-0.2, -0.15) is 0 Å². The summed E-state index contributed by atoms with van der Waals surface area (Å²) in [7, 11) is 1.69. The van der Waals surface area contributed by atoms with E-state index >= 15 is 0 Å². The number of hydrogen-bond donors (Lipinski definition) is 1. The maximum Gasteiger partial charge on any atom is 0.303 e. The normalized spacial score (nSPS) is 22.7. The Morgan fingerprint density at radius 1 is 1.23 bits per heavy atom. The highest BCUT2D eigenvalue weighted by molar-refractivity contribution is 5.83. The van der Waals surface area contributed by atoms with Gasteiger partial charge in [0, 0.05) is 31.1 Å². The summed E-state index contributed by atoms with van der Waals surface area (Å²) in [6.45, 7) is 3.27. The average Bonchev–Trinajstić information content (AvgIpc) is 2.71. The fourth-order valence-corrected chi connectivity index (χ4v) is 5.28. The van der Waals surface area contributed by atoms with E-state index in [1.54, 1.807) is 7.11 Å². The van der Waals surface area contributed by atoms with Gasteiger partial charge in [-0.1, -0.05) is 6.42 Å².